The van der Waals surface area contributed by atoms with Gasteiger partial charge in [0.05, 0.1) is 5.69 Å². The van der Waals surface area contributed by atoms with Crippen LogP contribution in [0.4, 0.5) is 0 Å². The van der Waals surface area contributed by atoms with Gasteiger partial charge in [0.15, 0.2) is 0 Å². The molecule has 0 amide bonds. The van der Waals surface area contributed by atoms with Gasteiger partial charge in [0.1, 0.15) is 0 Å². The summed E-state index contributed by atoms with van der Waals surface area (Å²) in [4.78, 5) is 0. The van der Waals surface area contributed by atoms with Crippen LogP contribution in [-0.4, -0.2) is 10.2 Å². The molecule has 2 rings (SSSR count). The number of H-pyrrole nitrogens is 1. The van der Waals surface area contributed by atoms with Crippen LogP contribution in [0.15, 0.2) is 24.3 Å². The lowest BCUT2D eigenvalue weighted by atomic mass is 10.1. The lowest BCUT2D eigenvalue weighted by molar-refractivity contribution is 0.811. The molecule has 0 spiro atoms. The lowest BCUT2D eigenvalue weighted by Gasteiger charge is -1.99. The maximum Gasteiger partial charge on any atom is 0.0924 e. The zero-order valence-corrected chi connectivity index (χ0v) is 10.6. The topological polar surface area (TPSA) is 28.7 Å². The Morgan fingerprint density at radius 3 is 2.19 bits per heavy atom. The number of hydrogen-bond acceptors (Lipinski definition) is 1. The Morgan fingerprint density at radius 2 is 1.69 bits per heavy atom. The third-order valence-corrected chi connectivity index (χ3v) is 2.81. The van der Waals surface area contributed by atoms with E-state index in [-0.39, 0.29) is 0 Å². The van der Waals surface area contributed by atoms with Crippen molar-refractivity contribution in [3.8, 4) is 11.3 Å². The first kappa shape index (κ1) is 11.5. The van der Waals surface area contributed by atoms with Crippen LogP contribution in [0.1, 0.15) is 25.5 Å². The zero-order valence-electron chi connectivity index (χ0n) is 9.09. The van der Waals surface area contributed by atoms with Gasteiger partial charge in [-0.05, 0) is 30.2 Å². The molecule has 0 aliphatic heterocycles. The van der Waals surface area contributed by atoms with Crippen LogP contribution in [0.3, 0.4) is 0 Å². The zero-order chi connectivity index (χ0) is 11.7. The molecule has 84 valence electrons. The van der Waals surface area contributed by atoms with Crippen molar-refractivity contribution in [1.29, 1.82) is 0 Å². The number of nitrogens with zero attached hydrogens (tertiary/aromatic N) is 1. The second kappa shape index (κ2) is 4.48. The van der Waals surface area contributed by atoms with Gasteiger partial charge in [-0.2, -0.15) is 5.10 Å². The molecule has 1 aromatic carbocycles. The number of benzene rings is 1. The van der Waals surface area contributed by atoms with E-state index in [4.69, 9.17) is 23.2 Å². The summed E-state index contributed by atoms with van der Waals surface area (Å²) in [5, 5.41) is 8.50. The third kappa shape index (κ3) is 2.39. The van der Waals surface area contributed by atoms with Gasteiger partial charge in [-0.1, -0.05) is 37.0 Å². The first-order valence-electron chi connectivity index (χ1n) is 5.08. The second-order valence-electron chi connectivity index (χ2n) is 4.02. The largest absolute Gasteiger partial charge is 0.282 e. The van der Waals surface area contributed by atoms with Crippen LogP contribution in [0.2, 0.25) is 10.0 Å². The predicted octanol–water partition coefficient (Wildman–Crippen LogP) is 4.51. The first-order chi connectivity index (χ1) is 7.56. The molecule has 0 saturated carbocycles. The summed E-state index contributed by atoms with van der Waals surface area (Å²) in [6.07, 6.45) is 0. The van der Waals surface area contributed by atoms with E-state index in [2.05, 4.69) is 24.0 Å². The molecule has 0 aliphatic rings. The van der Waals surface area contributed by atoms with E-state index in [1.54, 1.807) is 6.07 Å². The quantitative estimate of drug-likeness (QED) is 0.840. The Balaban J connectivity index is 2.42. The van der Waals surface area contributed by atoms with E-state index in [1.165, 1.54) is 0 Å². The molecule has 2 nitrogen and oxygen atoms in total. The van der Waals surface area contributed by atoms with Gasteiger partial charge < -0.3 is 0 Å². The Kier molecular flexibility index (Phi) is 3.22. The minimum absolute atomic E-state index is 0.427. The highest BCUT2D eigenvalue weighted by Gasteiger charge is 2.08. The molecule has 1 heterocycles. The van der Waals surface area contributed by atoms with E-state index in [0.29, 0.717) is 16.0 Å². The summed E-state index contributed by atoms with van der Waals surface area (Å²) in [5.41, 5.74) is 2.90. The fraction of sp³-hybridized carbons (Fsp3) is 0.250. The summed E-state index contributed by atoms with van der Waals surface area (Å²) >= 11 is 11.9. The molecule has 1 N–H and O–H groups in total. The monoisotopic (exact) mass is 254 g/mol. The number of nitrogens with one attached hydrogen (secondary N) is 1. The minimum Gasteiger partial charge on any atom is -0.282 e. The van der Waals surface area contributed by atoms with Gasteiger partial charge >= 0.3 is 0 Å². The Hall–Kier alpha value is -0.990. The lowest BCUT2D eigenvalue weighted by Crippen LogP contribution is -1.85. The maximum atomic E-state index is 5.95. The molecule has 4 heteroatoms. The average Bonchev–Trinajstić information content (AvgIpc) is 2.64. The number of aromatic nitrogens is 2. The number of aromatic amines is 1. The molecule has 0 aliphatic carbocycles. The van der Waals surface area contributed by atoms with Crippen LogP contribution < -0.4 is 0 Å². The molecule has 0 fully saturated rings. The number of rotatable bonds is 2. The fourth-order valence-electron chi connectivity index (χ4n) is 1.48. The van der Waals surface area contributed by atoms with Crippen LogP contribution >= 0.6 is 23.2 Å². The highest BCUT2D eigenvalue weighted by Crippen LogP contribution is 2.27. The molecule has 0 radical (unpaired) electrons. The number of halogens is 2. The van der Waals surface area contributed by atoms with Crippen molar-refractivity contribution in [2.75, 3.05) is 0 Å². The van der Waals surface area contributed by atoms with Crippen molar-refractivity contribution >= 4 is 23.2 Å². The van der Waals surface area contributed by atoms with Crippen molar-refractivity contribution in [2.45, 2.75) is 19.8 Å². The van der Waals surface area contributed by atoms with E-state index >= 15 is 0 Å². The van der Waals surface area contributed by atoms with Crippen LogP contribution in [0.5, 0.6) is 0 Å². The summed E-state index contributed by atoms with van der Waals surface area (Å²) in [5.74, 6) is 0.427. The predicted molar refractivity (Wildman–Crippen MR) is 68.1 cm³/mol. The summed E-state index contributed by atoms with van der Waals surface area (Å²) in [6, 6.07) is 7.44. The van der Waals surface area contributed by atoms with Gasteiger partial charge in [0.25, 0.3) is 0 Å². The van der Waals surface area contributed by atoms with Gasteiger partial charge in [-0.3, -0.25) is 5.10 Å². The summed E-state index contributed by atoms with van der Waals surface area (Å²) < 4.78 is 0. The Bertz CT molecular complexity index is 483. The standard InChI is InChI=1S/C12H12Cl2N2/c1-7(2)11-6-12(16-15-11)8-3-9(13)5-10(14)4-8/h3-7H,1-2H3,(H,15,16). The smallest absolute Gasteiger partial charge is 0.0924 e. The SMILES string of the molecule is CC(C)c1cc(-c2cc(Cl)cc(Cl)c2)n[nH]1. The maximum absolute atomic E-state index is 5.95. The third-order valence-electron chi connectivity index (χ3n) is 2.38. The Labute approximate surface area is 105 Å². The molecule has 16 heavy (non-hydrogen) atoms. The molecule has 0 saturated heterocycles. The molecule has 0 atom stereocenters. The minimum atomic E-state index is 0.427. The number of hydrogen-bond donors (Lipinski definition) is 1. The van der Waals surface area contributed by atoms with Gasteiger partial charge in [-0.25, -0.2) is 0 Å². The van der Waals surface area contributed by atoms with E-state index < -0.39 is 0 Å². The van der Waals surface area contributed by atoms with Gasteiger partial charge in [0, 0.05) is 21.3 Å². The van der Waals surface area contributed by atoms with Gasteiger partial charge in [-0.15, -0.1) is 0 Å². The fourth-order valence-corrected chi connectivity index (χ4v) is 2.01. The molecular formula is C12H12Cl2N2. The first-order valence-corrected chi connectivity index (χ1v) is 5.83. The van der Waals surface area contributed by atoms with E-state index in [0.717, 1.165) is 17.0 Å². The van der Waals surface area contributed by atoms with E-state index in [9.17, 15) is 0 Å². The van der Waals surface area contributed by atoms with Crippen LogP contribution in [0.25, 0.3) is 11.3 Å². The van der Waals surface area contributed by atoms with Crippen molar-refractivity contribution < 1.29 is 0 Å². The van der Waals surface area contributed by atoms with Gasteiger partial charge in [0.2, 0.25) is 0 Å². The van der Waals surface area contributed by atoms with Crippen LogP contribution in [-0.2, 0) is 0 Å². The Morgan fingerprint density at radius 1 is 1.06 bits per heavy atom. The van der Waals surface area contributed by atoms with E-state index in [1.807, 2.05) is 18.2 Å². The highest BCUT2D eigenvalue weighted by atomic mass is 35.5. The molecular weight excluding hydrogens is 243 g/mol. The molecule has 0 bridgehead atoms. The normalized spacial score (nSPS) is 11.1. The van der Waals surface area contributed by atoms with Crippen molar-refractivity contribution in [3.05, 3.63) is 40.0 Å². The highest BCUT2D eigenvalue weighted by molar-refractivity contribution is 6.35. The van der Waals surface area contributed by atoms with Crippen molar-refractivity contribution in [1.82, 2.24) is 10.2 Å². The van der Waals surface area contributed by atoms with Crippen molar-refractivity contribution in [3.63, 3.8) is 0 Å². The summed E-state index contributed by atoms with van der Waals surface area (Å²) in [7, 11) is 0. The summed E-state index contributed by atoms with van der Waals surface area (Å²) in [6.45, 7) is 4.23. The van der Waals surface area contributed by atoms with Crippen LogP contribution in [0, 0.1) is 0 Å². The molecule has 2 aromatic rings. The molecule has 1 aromatic heterocycles. The molecule has 0 unspecified atom stereocenters. The second-order valence-corrected chi connectivity index (χ2v) is 4.89. The average molecular weight is 255 g/mol. The van der Waals surface area contributed by atoms with Crippen molar-refractivity contribution in [2.24, 2.45) is 0 Å².